The minimum Gasteiger partial charge on any atom is -0.481 e. The molecule has 1 fully saturated rings. The van der Waals surface area contributed by atoms with Crippen LogP contribution in [0, 0.1) is 11.8 Å². The smallest absolute Gasteiger partial charge is 0.335 e. The summed E-state index contributed by atoms with van der Waals surface area (Å²) in [5.41, 5.74) is 0.191. The first-order chi connectivity index (χ1) is 18.8. The Hall–Kier alpha value is -4.51. The fraction of sp³-hybridized carbons (Fsp3) is 0.222. The zero-order chi connectivity index (χ0) is 27.5. The molecule has 2 N–H and O–H groups in total. The van der Waals surface area contributed by atoms with Crippen molar-refractivity contribution in [1.82, 2.24) is 19.1 Å². The van der Waals surface area contributed by atoms with E-state index in [-0.39, 0.29) is 30.5 Å². The van der Waals surface area contributed by atoms with Crippen molar-refractivity contribution < 1.29 is 19.0 Å². The van der Waals surface area contributed by atoms with Crippen molar-refractivity contribution >= 4 is 23.3 Å². The summed E-state index contributed by atoms with van der Waals surface area (Å²) < 4.78 is 21.2. The number of carboxylic acid groups (broad SMARTS) is 1. The molecular formula is C27H23ClFN5O5. The third-order valence-corrected chi connectivity index (χ3v) is 6.62. The molecule has 2 heterocycles. The number of aliphatic carboxylic acids is 1. The number of halogens is 2. The lowest BCUT2D eigenvalue weighted by Gasteiger charge is -2.11. The third-order valence-electron chi connectivity index (χ3n) is 6.37. The topological polar surface area (TPSA) is 132 Å². The van der Waals surface area contributed by atoms with Gasteiger partial charge in [-0.2, -0.15) is 0 Å². The molecule has 39 heavy (non-hydrogen) atoms. The number of rotatable bonds is 9. The van der Waals surface area contributed by atoms with E-state index in [0.717, 1.165) is 10.1 Å². The van der Waals surface area contributed by atoms with Gasteiger partial charge in [0.15, 0.2) is 0 Å². The molecule has 2 aromatic carbocycles. The lowest BCUT2D eigenvalue weighted by molar-refractivity contribution is -0.138. The summed E-state index contributed by atoms with van der Waals surface area (Å²) in [6.07, 6.45) is 1.91. The SMILES string of the molecule is O=C(O)[C@@H]1C[C@H]1Cn1c(=O)[nH]c(=Nc2ccc(Oc3ncccc3CF)cc2)n(Cc2ccc(Cl)cc2)c1=O. The standard InChI is InChI=1S/C27H23ClFN5O5/c28-19-5-3-16(4-6-19)14-33-25(32-26(37)34(27(33)38)15-18-12-22(18)24(35)36)31-20-7-9-21(10-8-20)39-23-17(13-29)2-1-11-30-23/h1-11,18,22H,12-15H2,(H,35,36)(H,31,32,37)/t18-,22+/m0/s1. The van der Waals surface area contributed by atoms with E-state index in [1.165, 1.54) is 10.8 Å². The first-order valence-corrected chi connectivity index (χ1v) is 12.4. The van der Waals surface area contributed by atoms with Crippen molar-refractivity contribution in [2.24, 2.45) is 16.8 Å². The lowest BCUT2D eigenvalue weighted by atomic mass is 10.2. The molecular weight excluding hydrogens is 529 g/mol. The normalized spacial score (nSPS) is 16.7. The lowest BCUT2D eigenvalue weighted by Crippen LogP contribution is -2.50. The second-order valence-electron chi connectivity index (χ2n) is 9.11. The van der Waals surface area contributed by atoms with Crippen molar-refractivity contribution in [2.45, 2.75) is 26.2 Å². The Balaban J connectivity index is 1.50. The molecule has 1 aliphatic rings. The van der Waals surface area contributed by atoms with Crippen LogP contribution in [-0.4, -0.2) is 30.2 Å². The predicted octanol–water partition coefficient (Wildman–Crippen LogP) is 3.65. The number of carboxylic acids is 1. The van der Waals surface area contributed by atoms with Crippen LogP contribution in [0.1, 0.15) is 17.5 Å². The number of pyridine rings is 1. The molecule has 1 aliphatic carbocycles. The van der Waals surface area contributed by atoms with Crippen LogP contribution in [0.25, 0.3) is 0 Å². The zero-order valence-corrected chi connectivity index (χ0v) is 21.2. The number of aromatic amines is 1. The van der Waals surface area contributed by atoms with Gasteiger partial charge in [0.2, 0.25) is 11.5 Å². The molecule has 0 bridgehead atoms. The van der Waals surface area contributed by atoms with Gasteiger partial charge < -0.3 is 9.84 Å². The number of nitrogens with one attached hydrogen (secondary N) is 1. The van der Waals surface area contributed by atoms with E-state index in [2.05, 4.69) is 15.0 Å². The number of ether oxygens (including phenoxy) is 1. The molecule has 4 aromatic rings. The van der Waals surface area contributed by atoms with Crippen molar-refractivity contribution in [1.29, 1.82) is 0 Å². The number of H-pyrrole nitrogens is 1. The second kappa shape index (κ2) is 11.1. The van der Waals surface area contributed by atoms with Gasteiger partial charge in [-0.3, -0.25) is 14.3 Å². The number of benzene rings is 2. The molecule has 2 atom stereocenters. The van der Waals surface area contributed by atoms with Gasteiger partial charge >= 0.3 is 17.3 Å². The molecule has 10 nitrogen and oxygen atoms in total. The molecule has 0 saturated heterocycles. The Morgan fingerprint density at radius 2 is 1.87 bits per heavy atom. The average molecular weight is 552 g/mol. The molecule has 12 heteroatoms. The third kappa shape index (κ3) is 5.99. The number of nitrogens with zero attached hydrogens (tertiary/aromatic N) is 4. The number of hydrogen-bond acceptors (Lipinski definition) is 6. The minimum atomic E-state index is -0.943. The maximum Gasteiger partial charge on any atom is 0.335 e. The van der Waals surface area contributed by atoms with Crippen molar-refractivity contribution in [3.8, 4) is 11.6 Å². The first-order valence-electron chi connectivity index (χ1n) is 12.1. The van der Waals surface area contributed by atoms with Gasteiger partial charge in [-0.05, 0) is 66.4 Å². The van der Waals surface area contributed by atoms with Crippen LogP contribution in [0.2, 0.25) is 5.02 Å². The zero-order valence-electron chi connectivity index (χ0n) is 20.5. The first kappa shape index (κ1) is 26.1. The molecule has 0 radical (unpaired) electrons. The molecule has 0 spiro atoms. The fourth-order valence-electron chi connectivity index (χ4n) is 4.14. The van der Waals surface area contributed by atoms with E-state index in [1.54, 1.807) is 60.7 Å². The molecule has 2 aromatic heterocycles. The number of hydrogen-bond donors (Lipinski definition) is 2. The fourth-order valence-corrected chi connectivity index (χ4v) is 4.27. The number of alkyl halides is 1. The molecule has 200 valence electrons. The molecule has 0 amide bonds. The van der Waals surface area contributed by atoms with Crippen molar-refractivity contribution in [3.05, 3.63) is 110 Å². The summed E-state index contributed by atoms with van der Waals surface area (Å²) >= 11 is 6.00. The van der Waals surface area contributed by atoms with E-state index in [0.29, 0.717) is 28.4 Å². The number of aromatic nitrogens is 4. The van der Waals surface area contributed by atoms with Crippen LogP contribution >= 0.6 is 11.6 Å². The molecule has 0 unspecified atom stereocenters. The Kier molecular flexibility index (Phi) is 7.42. The van der Waals surface area contributed by atoms with E-state index in [9.17, 15) is 23.9 Å². The van der Waals surface area contributed by atoms with Gasteiger partial charge in [0.05, 0.1) is 18.2 Å². The van der Waals surface area contributed by atoms with Crippen molar-refractivity contribution in [2.75, 3.05) is 0 Å². The summed E-state index contributed by atoms with van der Waals surface area (Å²) in [6, 6.07) is 16.5. The highest BCUT2D eigenvalue weighted by Crippen LogP contribution is 2.39. The molecule has 5 rings (SSSR count). The highest BCUT2D eigenvalue weighted by atomic mass is 35.5. The largest absolute Gasteiger partial charge is 0.481 e. The summed E-state index contributed by atoms with van der Waals surface area (Å²) in [5, 5.41) is 9.75. The summed E-state index contributed by atoms with van der Waals surface area (Å²) in [6.45, 7) is -0.640. The predicted molar refractivity (Wildman–Crippen MR) is 140 cm³/mol. The Labute approximate surface area is 225 Å². The number of carbonyl (C=O) groups is 1. The van der Waals surface area contributed by atoms with Crippen LogP contribution in [0.4, 0.5) is 10.1 Å². The van der Waals surface area contributed by atoms with Gasteiger partial charge in [0, 0.05) is 23.3 Å². The van der Waals surface area contributed by atoms with Gasteiger partial charge in [0.1, 0.15) is 12.4 Å². The Morgan fingerprint density at radius 1 is 1.13 bits per heavy atom. The molecule has 1 saturated carbocycles. The van der Waals surface area contributed by atoms with Gasteiger partial charge in [-0.1, -0.05) is 23.7 Å². The quantitative estimate of drug-likeness (QED) is 0.326. The van der Waals surface area contributed by atoms with Crippen LogP contribution in [0.3, 0.4) is 0 Å². The van der Waals surface area contributed by atoms with Crippen molar-refractivity contribution in [3.63, 3.8) is 0 Å². The van der Waals surface area contributed by atoms with Gasteiger partial charge in [-0.25, -0.2) is 28.5 Å². The summed E-state index contributed by atoms with van der Waals surface area (Å²) in [4.78, 5) is 48.8. The van der Waals surface area contributed by atoms with E-state index < -0.39 is 29.9 Å². The summed E-state index contributed by atoms with van der Waals surface area (Å²) in [5.74, 6) is -1.26. The highest BCUT2D eigenvalue weighted by Gasteiger charge is 2.43. The monoisotopic (exact) mass is 551 g/mol. The summed E-state index contributed by atoms with van der Waals surface area (Å²) in [7, 11) is 0. The van der Waals surface area contributed by atoms with E-state index >= 15 is 0 Å². The maximum absolute atomic E-state index is 13.4. The Morgan fingerprint density at radius 3 is 2.54 bits per heavy atom. The Bertz CT molecular complexity index is 1700. The molecule has 0 aliphatic heterocycles. The van der Waals surface area contributed by atoms with Gasteiger partial charge in [0.25, 0.3) is 0 Å². The van der Waals surface area contributed by atoms with Crippen LogP contribution in [0.5, 0.6) is 11.6 Å². The van der Waals surface area contributed by atoms with Crippen LogP contribution in [0.15, 0.2) is 81.4 Å². The average Bonchev–Trinajstić information content (AvgIpc) is 3.71. The van der Waals surface area contributed by atoms with E-state index in [4.69, 9.17) is 16.3 Å². The van der Waals surface area contributed by atoms with E-state index in [1.807, 2.05) is 0 Å². The van der Waals surface area contributed by atoms with Crippen LogP contribution < -0.4 is 21.7 Å². The highest BCUT2D eigenvalue weighted by molar-refractivity contribution is 6.30. The second-order valence-corrected chi connectivity index (χ2v) is 9.55. The van der Waals surface area contributed by atoms with Crippen LogP contribution in [-0.2, 0) is 24.6 Å². The maximum atomic E-state index is 13.4. The van der Waals surface area contributed by atoms with Gasteiger partial charge in [-0.15, -0.1) is 0 Å². The minimum absolute atomic E-state index is 0.00748.